The first-order valence-corrected chi connectivity index (χ1v) is 32.5. The lowest BCUT2D eigenvalue weighted by Crippen LogP contribution is -2.45. The molecule has 0 aromatic heterocycles. The van der Waals surface area contributed by atoms with Gasteiger partial charge >= 0.3 is 0 Å². The smallest absolute Gasteiger partial charge is 0.268 e. The summed E-state index contributed by atoms with van der Waals surface area (Å²) in [5.74, 6) is -0.191. The van der Waals surface area contributed by atoms with Crippen LogP contribution in [-0.4, -0.2) is 68.5 Å². The van der Waals surface area contributed by atoms with Crippen LogP contribution in [0.4, 0.5) is 0 Å². The molecule has 0 aliphatic rings. The van der Waals surface area contributed by atoms with Gasteiger partial charge in [0, 0.05) is 6.42 Å². The molecule has 70 heavy (non-hydrogen) atoms. The molecule has 0 saturated heterocycles. The van der Waals surface area contributed by atoms with Crippen molar-refractivity contribution in [1.29, 1.82) is 0 Å². The minimum Gasteiger partial charge on any atom is -0.756 e. The summed E-state index contributed by atoms with van der Waals surface area (Å²) < 4.78 is 23.3. The van der Waals surface area contributed by atoms with Gasteiger partial charge in [0.05, 0.1) is 39.9 Å². The van der Waals surface area contributed by atoms with Crippen LogP contribution in [0.1, 0.15) is 322 Å². The lowest BCUT2D eigenvalue weighted by molar-refractivity contribution is -0.870. The van der Waals surface area contributed by atoms with Crippen LogP contribution < -0.4 is 10.2 Å². The molecule has 0 saturated carbocycles. The van der Waals surface area contributed by atoms with E-state index in [0.29, 0.717) is 17.4 Å². The Hall–Kier alpha value is -0.760. The molecule has 0 aliphatic carbocycles. The van der Waals surface area contributed by atoms with Crippen molar-refractivity contribution in [3.05, 3.63) is 12.2 Å². The second-order valence-corrected chi connectivity index (χ2v) is 24.2. The number of rotatable bonds is 58. The van der Waals surface area contributed by atoms with Crippen molar-refractivity contribution >= 4 is 13.7 Å². The number of phosphoric acid groups is 1. The lowest BCUT2D eigenvalue weighted by atomic mass is 10.0. The van der Waals surface area contributed by atoms with E-state index < -0.39 is 20.0 Å². The molecule has 0 rings (SSSR count). The van der Waals surface area contributed by atoms with Crippen LogP contribution in [0.25, 0.3) is 0 Å². The van der Waals surface area contributed by atoms with Gasteiger partial charge in [-0.25, -0.2) is 0 Å². The molecule has 0 fully saturated rings. The highest BCUT2D eigenvalue weighted by Crippen LogP contribution is 2.38. The number of phosphoric ester groups is 1. The molecule has 2 N–H and O–H groups in total. The molecule has 3 atom stereocenters. The first-order chi connectivity index (χ1) is 34.0. The molecular weight excluding hydrogens is 888 g/mol. The third-order valence-electron chi connectivity index (χ3n) is 14.5. The van der Waals surface area contributed by atoms with Crippen molar-refractivity contribution < 1.29 is 32.9 Å². The number of unbranched alkanes of at least 4 members (excludes halogenated alkanes) is 45. The highest BCUT2D eigenvalue weighted by Gasteiger charge is 2.23. The number of aliphatic hydroxyl groups excluding tert-OH is 1. The molecule has 0 spiro atoms. The van der Waals surface area contributed by atoms with Crippen LogP contribution in [0, 0.1) is 0 Å². The van der Waals surface area contributed by atoms with Crippen LogP contribution in [-0.2, 0) is 18.4 Å². The van der Waals surface area contributed by atoms with Crippen LogP contribution in [0.2, 0.25) is 0 Å². The summed E-state index contributed by atoms with van der Waals surface area (Å²) >= 11 is 0. The van der Waals surface area contributed by atoms with Gasteiger partial charge in [-0.15, -0.1) is 0 Å². The molecule has 9 heteroatoms. The van der Waals surface area contributed by atoms with Crippen molar-refractivity contribution in [1.82, 2.24) is 5.32 Å². The van der Waals surface area contributed by atoms with E-state index in [4.69, 9.17) is 9.05 Å². The van der Waals surface area contributed by atoms with Gasteiger partial charge in [-0.2, -0.15) is 0 Å². The number of amides is 1. The molecule has 1 amide bonds. The molecule has 0 aliphatic heterocycles. The van der Waals surface area contributed by atoms with Crippen molar-refractivity contribution in [2.45, 2.75) is 334 Å². The standard InChI is InChI=1S/C61H123N2O6P/c1-6-8-10-12-14-16-18-20-21-22-23-24-25-26-27-28-29-30-31-32-33-34-35-36-37-38-39-40-41-43-45-47-49-51-53-55-61(65)62-59(58-69-70(66,67)68-57-56-63(3,4)5)60(64)54-52-50-48-46-44-42-19-17-15-13-11-9-7-2/h52,54,59-60,64H,6-51,53,55-58H2,1-5H3,(H-,62,65,66,67)/b54-52+/t59-,60+/m0/s1. The monoisotopic (exact) mass is 1010 g/mol. The summed E-state index contributed by atoms with van der Waals surface area (Å²) in [6, 6.07) is -0.881. The number of carbonyl (C=O) groups excluding carboxylic acids is 1. The number of likely N-dealkylation sites (N-methyl/N-ethyl adjacent to an activating group) is 1. The number of quaternary nitrogens is 1. The minimum absolute atomic E-state index is 0.00245. The SMILES string of the molecule is CCCCCCCCCCCCC/C=C/[C@@H](O)[C@H](COP(=O)([O-])OCC[N+](C)(C)C)NC(=O)CCCCCCCCCCCCCCCCCCCCCCCCCCCCCCCCCCCCC. The van der Waals surface area contributed by atoms with E-state index in [1.807, 2.05) is 27.2 Å². The highest BCUT2D eigenvalue weighted by molar-refractivity contribution is 7.45. The van der Waals surface area contributed by atoms with Gasteiger partial charge in [0.25, 0.3) is 7.82 Å². The van der Waals surface area contributed by atoms with E-state index >= 15 is 0 Å². The average Bonchev–Trinajstić information content (AvgIpc) is 3.32. The summed E-state index contributed by atoms with van der Waals surface area (Å²) in [6.07, 6.45) is 66.1. The first kappa shape index (κ1) is 69.2. The molecule has 418 valence electrons. The average molecular weight is 1010 g/mol. The summed E-state index contributed by atoms with van der Waals surface area (Å²) in [5.41, 5.74) is 0. The molecule has 0 aromatic carbocycles. The molecule has 1 unspecified atom stereocenters. The van der Waals surface area contributed by atoms with E-state index in [-0.39, 0.29) is 19.1 Å². The zero-order valence-corrected chi connectivity index (χ0v) is 48.6. The number of hydrogen-bond donors (Lipinski definition) is 2. The van der Waals surface area contributed by atoms with E-state index in [1.54, 1.807) is 6.08 Å². The van der Waals surface area contributed by atoms with Gasteiger partial charge in [0.1, 0.15) is 13.2 Å². The number of nitrogens with zero attached hydrogens (tertiary/aromatic N) is 1. The quantitative estimate of drug-likeness (QED) is 0.0272. The molecular formula is C61H123N2O6P. The van der Waals surface area contributed by atoms with Gasteiger partial charge in [0.15, 0.2) is 0 Å². The molecule has 0 aromatic rings. The number of aliphatic hydroxyl groups is 1. The molecule has 0 heterocycles. The van der Waals surface area contributed by atoms with Gasteiger partial charge in [0.2, 0.25) is 5.91 Å². The third kappa shape index (κ3) is 55.0. The summed E-state index contributed by atoms with van der Waals surface area (Å²) in [7, 11) is 1.28. The molecule has 8 nitrogen and oxygen atoms in total. The van der Waals surface area contributed by atoms with Crippen molar-refractivity contribution in [3.8, 4) is 0 Å². The fourth-order valence-electron chi connectivity index (χ4n) is 9.63. The van der Waals surface area contributed by atoms with Gasteiger partial charge in [-0.3, -0.25) is 9.36 Å². The van der Waals surface area contributed by atoms with Crippen LogP contribution in [0.5, 0.6) is 0 Å². The van der Waals surface area contributed by atoms with Crippen LogP contribution >= 0.6 is 7.82 Å². The summed E-state index contributed by atoms with van der Waals surface area (Å²) in [6.45, 7) is 4.69. The number of carbonyl (C=O) groups is 1. The third-order valence-corrected chi connectivity index (χ3v) is 15.5. The van der Waals surface area contributed by atoms with Crippen LogP contribution in [0.15, 0.2) is 12.2 Å². The maximum Gasteiger partial charge on any atom is 0.268 e. The fraction of sp³-hybridized carbons (Fsp3) is 0.951. The van der Waals surface area contributed by atoms with Crippen molar-refractivity contribution in [2.24, 2.45) is 0 Å². The maximum atomic E-state index is 12.9. The van der Waals surface area contributed by atoms with Gasteiger partial charge < -0.3 is 28.8 Å². The first-order valence-electron chi connectivity index (χ1n) is 31.1. The Balaban J connectivity index is 3.90. The van der Waals surface area contributed by atoms with E-state index in [1.165, 1.54) is 263 Å². The lowest BCUT2D eigenvalue weighted by Gasteiger charge is -2.29. The van der Waals surface area contributed by atoms with Crippen molar-refractivity contribution in [2.75, 3.05) is 40.9 Å². The Kier molecular flexibility index (Phi) is 52.5. The molecule has 0 radical (unpaired) electrons. The van der Waals surface area contributed by atoms with Gasteiger partial charge in [-0.1, -0.05) is 309 Å². The Morgan fingerprint density at radius 2 is 0.771 bits per heavy atom. The number of hydrogen-bond acceptors (Lipinski definition) is 6. The molecule has 0 bridgehead atoms. The minimum atomic E-state index is -4.59. The van der Waals surface area contributed by atoms with Gasteiger partial charge in [-0.05, 0) is 19.3 Å². The number of allylic oxidation sites excluding steroid dienone is 1. The van der Waals surface area contributed by atoms with Crippen molar-refractivity contribution in [3.63, 3.8) is 0 Å². The van der Waals surface area contributed by atoms with E-state index in [9.17, 15) is 19.4 Å². The largest absolute Gasteiger partial charge is 0.756 e. The van der Waals surface area contributed by atoms with Crippen LogP contribution in [0.3, 0.4) is 0 Å². The summed E-state index contributed by atoms with van der Waals surface area (Å²) in [5, 5.41) is 13.9. The second-order valence-electron chi connectivity index (χ2n) is 22.8. The predicted molar refractivity (Wildman–Crippen MR) is 302 cm³/mol. The Morgan fingerprint density at radius 1 is 0.486 bits per heavy atom. The second kappa shape index (κ2) is 53.1. The van der Waals surface area contributed by atoms with E-state index in [0.717, 1.165) is 38.5 Å². The topological polar surface area (TPSA) is 108 Å². The Labute approximate surface area is 437 Å². The maximum absolute atomic E-state index is 12.9. The fourth-order valence-corrected chi connectivity index (χ4v) is 10.4. The highest BCUT2D eigenvalue weighted by atomic mass is 31.2. The normalized spacial score (nSPS) is 13.9. The zero-order chi connectivity index (χ0) is 51.3. The predicted octanol–water partition coefficient (Wildman–Crippen LogP) is 18.4. The number of nitrogens with one attached hydrogen (secondary N) is 1. The Morgan fingerprint density at radius 3 is 1.07 bits per heavy atom. The van der Waals surface area contributed by atoms with E-state index in [2.05, 4.69) is 19.2 Å². The summed E-state index contributed by atoms with van der Waals surface area (Å²) in [4.78, 5) is 25.5. The Bertz CT molecular complexity index is 1150. The zero-order valence-electron chi connectivity index (χ0n) is 47.8.